The molecule has 0 saturated carbocycles. The third kappa shape index (κ3) is 5.24. The van der Waals surface area contributed by atoms with Crippen molar-refractivity contribution in [3.05, 3.63) is 87.8 Å². The number of thiazole rings is 1. The first-order chi connectivity index (χ1) is 18.9. The largest absolute Gasteiger partial charge is 0.419 e. The molecule has 1 saturated heterocycles. The molecule has 0 aliphatic carbocycles. The van der Waals surface area contributed by atoms with Gasteiger partial charge in [0.2, 0.25) is 5.89 Å². The Bertz CT molecular complexity index is 1610. The van der Waals surface area contributed by atoms with Crippen molar-refractivity contribution in [3.8, 4) is 23.0 Å². The highest BCUT2D eigenvalue weighted by Gasteiger charge is 2.33. The van der Waals surface area contributed by atoms with Gasteiger partial charge < -0.3 is 9.32 Å². The van der Waals surface area contributed by atoms with Gasteiger partial charge >= 0.3 is 0 Å². The van der Waals surface area contributed by atoms with Gasteiger partial charge in [0.1, 0.15) is 16.4 Å². The fourth-order valence-electron chi connectivity index (χ4n) is 5.00. The molecular weight excluding hydrogens is 510 g/mol. The van der Waals surface area contributed by atoms with Crippen molar-refractivity contribution >= 4 is 17.2 Å². The normalized spacial score (nSPS) is 16.1. The molecule has 0 bridgehead atoms. The molecule has 4 aromatic heterocycles. The number of aryl methyl sites for hydroxylation is 2. The third-order valence-corrected chi connectivity index (χ3v) is 8.01. The SMILES string of the molecule is Cc1csc(C2CCCN2C(=O)c2cc(-c3ccn(C)n3)nc(-c3nnc(C(C)Cc4ccccc4)o3)c2)n1. The number of hydrogen-bond donors (Lipinski definition) is 0. The van der Waals surface area contributed by atoms with Gasteiger partial charge in [-0.05, 0) is 49.9 Å². The summed E-state index contributed by atoms with van der Waals surface area (Å²) in [6.45, 7) is 4.72. The van der Waals surface area contributed by atoms with E-state index in [1.165, 1.54) is 5.56 Å². The summed E-state index contributed by atoms with van der Waals surface area (Å²) < 4.78 is 7.82. The summed E-state index contributed by atoms with van der Waals surface area (Å²) in [5.41, 5.74) is 4.38. The van der Waals surface area contributed by atoms with Crippen LogP contribution in [0.25, 0.3) is 23.0 Å². The summed E-state index contributed by atoms with van der Waals surface area (Å²) in [5.74, 6) is 0.778. The lowest BCUT2D eigenvalue weighted by Crippen LogP contribution is -2.30. The molecule has 1 fully saturated rings. The van der Waals surface area contributed by atoms with E-state index in [1.807, 2.05) is 54.7 Å². The van der Waals surface area contributed by atoms with E-state index in [1.54, 1.807) is 28.2 Å². The predicted octanol–water partition coefficient (Wildman–Crippen LogP) is 5.62. The second kappa shape index (κ2) is 10.5. The van der Waals surface area contributed by atoms with Crippen LogP contribution in [0.4, 0.5) is 0 Å². The van der Waals surface area contributed by atoms with Gasteiger partial charge in [-0.2, -0.15) is 5.10 Å². The number of carbonyl (C=O) groups is 1. The number of hydrogen-bond acceptors (Lipinski definition) is 8. The number of amides is 1. The average Bonchev–Trinajstić information content (AvgIpc) is 3.76. The van der Waals surface area contributed by atoms with E-state index >= 15 is 0 Å². The summed E-state index contributed by atoms with van der Waals surface area (Å²) in [7, 11) is 1.85. The van der Waals surface area contributed by atoms with Crippen molar-refractivity contribution < 1.29 is 9.21 Å². The molecule has 1 aromatic carbocycles. The number of pyridine rings is 1. The zero-order valence-electron chi connectivity index (χ0n) is 22.1. The lowest BCUT2D eigenvalue weighted by molar-refractivity contribution is 0.0735. The average molecular weight is 540 g/mol. The molecule has 5 heterocycles. The predicted molar refractivity (Wildman–Crippen MR) is 148 cm³/mol. The van der Waals surface area contributed by atoms with Crippen LogP contribution >= 0.6 is 11.3 Å². The molecule has 198 valence electrons. The molecule has 0 spiro atoms. The topological polar surface area (TPSA) is 103 Å². The first-order valence-electron chi connectivity index (χ1n) is 13.1. The highest BCUT2D eigenvalue weighted by molar-refractivity contribution is 7.09. The van der Waals surface area contributed by atoms with Crippen molar-refractivity contribution in [1.29, 1.82) is 0 Å². The summed E-state index contributed by atoms with van der Waals surface area (Å²) in [6.07, 6.45) is 4.46. The van der Waals surface area contributed by atoms with Crippen molar-refractivity contribution in [2.45, 2.75) is 45.1 Å². The smallest absolute Gasteiger partial charge is 0.266 e. The fraction of sp³-hybridized carbons (Fsp3) is 0.310. The molecule has 9 nitrogen and oxygen atoms in total. The summed E-state index contributed by atoms with van der Waals surface area (Å²) in [6, 6.07) is 15.6. The van der Waals surface area contributed by atoms with Gasteiger partial charge in [-0.25, -0.2) is 9.97 Å². The van der Waals surface area contributed by atoms with Gasteiger partial charge in [0.05, 0.1) is 11.7 Å². The first kappa shape index (κ1) is 25.1. The van der Waals surface area contributed by atoms with Crippen LogP contribution in [-0.2, 0) is 13.5 Å². The van der Waals surface area contributed by atoms with Crippen LogP contribution in [0.1, 0.15) is 64.2 Å². The first-order valence-corrected chi connectivity index (χ1v) is 14.0. The van der Waals surface area contributed by atoms with Crippen molar-refractivity contribution in [2.75, 3.05) is 6.54 Å². The summed E-state index contributed by atoms with van der Waals surface area (Å²) in [4.78, 5) is 25.3. The van der Waals surface area contributed by atoms with Crippen molar-refractivity contribution in [2.24, 2.45) is 7.05 Å². The van der Waals surface area contributed by atoms with Gasteiger partial charge in [0.25, 0.3) is 11.8 Å². The number of nitrogens with zero attached hydrogens (tertiary/aromatic N) is 7. The minimum Gasteiger partial charge on any atom is -0.419 e. The minimum absolute atomic E-state index is 0.0278. The number of benzene rings is 1. The lowest BCUT2D eigenvalue weighted by Gasteiger charge is -2.23. The maximum atomic E-state index is 13.9. The maximum Gasteiger partial charge on any atom is 0.266 e. The molecule has 1 amide bonds. The van der Waals surface area contributed by atoms with Gasteiger partial charge in [0, 0.05) is 42.3 Å². The van der Waals surface area contributed by atoms with E-state index in [0.29, 0.717) is 35.1 Å². The molecule has 2 unspecified atom stereocenters. The molecule has 5 aromatic rings. The van der Waals surface area contributed by atoms with E-state index in [2.05, 4.69) is 39.3 Å². The van der Waals surface area contributed by atoms with Crippen molar-refractivity contribution in [1.82, 2.24) is 34.8 Å². The Labute approximate surface area is 230 Å². The van der Waals surface area contributed by atoms with E-state index in [0.717, 1.165) is 30.0 Å². The van der Waals surface area contributed by atoms with E-state index in [-0.39, 0.29) is 23.8 Å². The zero-order chi connectivity index (χ0) is 26.9. The number of likely N-dealkylation sites (tertiary alicyclic amines) is 1. The summed E-state index contributed by atoms with van der Waals surface area (Å²) >= 11 is 1.61. The molecule has 0 radical (unpaired) electrons. The molecule has 1 aliphatic heterocycles. The van der Waals surface area contributed by atoms with Crippen molar-refractivity contribution in [3.63, 3.8) is 0 Å². The zero-order valence-corrected chi connectivity index (χ0v) is 22.9. The quantitative estimate of drug-likeness (QED) is 0.264. The maximum absolute atomic E-state index is 13.9. The second-order valence-corrected chi connectivity index (χ2v) is 10.9. The lowest BCUT2D eigenvalue weighted by atomic mass is 10.0. The molecule has 2 atom stereocenters. The van der Waals surface area contributed by atoms with Crippen LogP contribution in [0.15, 0.2) is 64.5 Å². The van der Waals surface area contributed by atoms with Crippen LogP contribution < -0.4 is 0 Å². The van der Waals surface area contributed by atoms with Crippen LogP contribution in [0, 0.1) is 6.92 Å². The monoisotopic (exact) mass is 539 g/mol. The van der Waals surface area contributed by atoms with E-state index < -0.39 is 0 Å². The Hall–Kier alpha value is -4.18. The minimum atomic E-state index is -0.0663. The van der Waals surface area contributed by atoms with Crippen LogP contribution in [0.3, 0.4) is 0 Å². The number of carbonyl (C=O) groups excluding carboxylic acids is 1. The van der Waals surface area contributed by atoms with E-state index in [4.69, 9.17) is 9.40 Å². The standard InChI is InChI=1S/C29H29N7O2S/c1-18(14-20-8-5-4-6-9-20)26-32-33-27(38-26)24-16-21(15-23(31-24)22-11-13-35(3)34-22)29(37)36-12-7-10-25(36)28-30-19(2)17-39-28/h4-6,8-9,11,13,15-18,25H,7,10,12,14H2,1-3H3. The van der Waals surface area contributed by atoms with Crippen LogP contribution in [0.5, 0.6) is 0 Å². The Morgan fingerprint density at radius 3 is 2.67 bits per heavy atom. The molecule has 0 N–H and O–H groups in total. The molecule has 1 aliphatic rings. The number of aromatic nitrogens is 6. The fourth-order valence-corrected chi connectivity index (χ4v) is 5.94. The molecule has 6 rings (SSSR count). The Balaban J connectivity index is 1.34. The highest BCUT2D eigenvalue weighted by atomic mass is 32.1. The Morgan fingerprint density at radius 2 is 1.92 bits per heavy atom. The summed E-state index contributed by atoms with van der Waals surface area (Å²) in [5, 5.41) is 16.2. The van der Waals surface area contributed by atoms with E-state index in [9.17, 15) is 4.79 Å². The van der Waals surface area contributed by atoms with Gasteiger partial charge in [-0.15, -0.1) is 21.5 Å². The molecule has 39 heavy (non-hydrogen) atoms. The molecule has 10 heteroatoms. The Kier molecular flexibility index (Phi) is 6.78. The highest BCUT2D eigenvalue weighted by Crippen LogP contribution is 2.36. The van der Waals surface area contributed by atoms with Crippen LogP contribution in [-0.4, -0.2) is 47.3 Å². The molecular formula is C29H29N7O2S. The Morgan fingerprint density at radius 1 is 1.10 bits per heavy atom. The van der Waals surface area contributed by atoms with Gasteiger partial charge in [-0.1, -0.05) is 37.3 Å². The van der Waals surface area contributed by atoms with Crippen LogP contribution in [0.2, 0.25) is 0 Å². The van der Waals surface area contributed by atoms with Gasteiger partial charge in [-0.3, -0.25) is 9.48 Å². The second-order valence-electron chi connectivity index (χ2n) is 10.0. The third-order valence-electron chi connectivity index (χ3n) is 6.95. The van der Waals surface area contributed by atoms with Gasteiger partial charge in [0.15, 0.2) is 0 Å². The number of rotatable bonds is 7.